The molecule has 756 valence electrons. The molecule has 0 amide bonds. The van der Waals surface area contributed by atoms with Crippen LogP contribution in [0.3, 0.4) is 0 Å². The van der Waals surface area contributed by atoms with Crippen LogP contribution in [0.15, 0.2) is 273 Å². The SMILES string of the molecule is C.CBr.CBr.CBr.CBr.CC(C)(Br)C(=O)Br.CC(C)(Br)C(=O)Oc1ccc(C(=O)c2ccccc2)cc1.CC(C)(Br)C(=O)Oc1ccc(C(=O)c2ccccc2)cc1.CC(C)(Br)C(=O)Oc1ccc(C(O)c2ccccc2)cc1.CC(C)CC(C)C(C(C)C)C(O)(c1ccccc1)c1ccc(OC(=O)C(C)(C)Br)cc1.CC(C)CC(C)CC(C)C.O=C(c1ccccc1)c1ccc(O)cc1.[U].[U].[V].[V]. The Hall–Kier alpha value is -3.45. The number of rotatable bonds is 28. The molecule has 0 bridgehead atoms. The number of phenolic OH excluding ortho intramolecular Hbond substituents is 1. The number of hydrogen-bond donors (Lipinski definition) is 3. The van der Waals surface area contributed by atoms with Gasteiger partial charge in [-0.1, -0.05) is 396 Å². The summed E-state index contributed by atoms with van der Waals surface area (Å²) in [5.41, 5.74) is 5.72. The van der Waals surface area contributed by atoms with Crippen molar-refractivity contribution >= 4 is 205 Å². The zero-order chi connectivity index (χ0) is 103. The van der Waals surface area contributed by atoms with Gasteiger partial charge in [-0.05, 0) is 283 Å². The summed E-state index contributed by atoms with van der Waals surface area (Å²) in [7, 11) is 0. The van der Waals surface area contributed by atoms with Crippen LogP contribution in [0.5, 0.6) is 28.7 Å². The minimum Gasteiger partial charge on any atom is -0.508 e. The molecule has 0 aliphatic rings. The van der Waals surface area contributed by atoms with Crippen molar-refractivity contribution in [2.24, 2.45) is 41.4 Å². The maximum Gasteiger partial charge on any atom is 0.327 e. The Bertz CT molecular complexity index is 4900. The second-order valence-electron chi connectivity index (χ2n) is 34.7. The van der Waals surface area contributed by atoms with Gasteiger partial charge in [-0.2, -0.15) is 0 Å². The van der Waals surface area contributed by atoms with Gasteiger partial charge in [0.2, 0.25) is 4.69 Å². The molecule has 0 saturated heterocycles. The molecule has 4 atom stereocenters. The summed E-state index contributed by atoms with van der Waals surface area (Å²) in [6.07, 6.45) is 3.12. The third-order valence-corrected chi connectivity index (χ3v) is 22.1. The normalized spacial score (nSPS) is 11.5. The fraction of sp³-hybridized carbons (Fsp3) is 0.382. The Kier molecular flexibility index (Phi) is 80.1. The van der Waals surface area contributed by atoms with E-state index in [1.807, 2.05) is 151 Å². The summed E-state index contributed by atoms with van der Waals surface area (Å²) in [5.74, 6) is 11.3. The van der Waals surface area contributed by atoms with Gasteiger partial charge in [0, 0.05) is 139 Å². The van der Waals surface area contributed by atoms with Crippen molar-refractivity contribution in [3.8, 4) is 28.7 Å². The molecule has 0 aromatic heterocycles. The summed E-state index contributed by atoms with van der Waals surface area (Å²) in [6.45, 7) is 40.0. The molecule has 0 aliphatic carbocycles. The monoisotopic (exact) mass is 3070 g/mol. The van der Waals surface area contributed by atoms with Gasteiger partial charge in [0.25, 0.3) is 0 Å². The largest absolute Gasteiger partial charge is 0.508 e. The molecule has 3 N–H and O–H groups in total. The summed E-state index contributed by atoms with van der Waals surface area (Å²) >= 11 is 30.8. The van der Waals surface area contributed by atoms with E-state index in [0.29, 0.717) is 68.2 Å². The minimum atomic E-state index is -1.15. The molecule has 15 nitrogen and oxygen atoms in total. The van der Waals surface area contributed by atoms with Gasteiger partial charge in [-0.3, -0.25) is 38.4 Å². The Balaban J connectivity index is -0.000000375. The number of ether oxygens (including phenoxy) is 4. The average Bonchev–Trinajstić information content (AvgIpc) is 0.754. The van der Waals surface area contributed by atoms with Gasteiger partial charge in [0.05, 0.1) is 4.32 Å². The van der Waals surface area contributed by atoms with E-state index in [-0.39, 0.29) is 170 Å². The number of alkyl halides is 9. The number of aromatic hydroxyl groups is 1. The Morgan fingerprint density at radius 2 is 0.518 bits per heavy atom. The third-order valence-electron chi connectivity index (χ3n) is 18.9. The van der Waals surface area contributed by atoms with Crippen molar-refractivity contribution in [3.05, 3.63) is 329 Å². The van der Waals surface area contributed by atoms with Crippen LogP contribution in [0.25, 0.3) is 0 Å². The molecular weight excluding hydrogens is 2940 g/mol. The quantitative estimate of drug-likeness (QED) is 0.0136. The van der Waals surface area contributed by atoms with Gasteiger partial charge in [0.15, 0.2) is 17.3 Å². The summed E-state index contributed by atoms with van der Waals surface area (Å²) in [4.78, 5) is 94.1. The second-order valence-corrected chi connectivity index (χ2v) is 45.3. The average molecular weight is 3080 g/mol. The van der Waals surface area contributed by atoms with Crippen molar-refractivity contribution in [1.82, 2.24) is 0 Å². The number of phenols is 1. The van der Waals surface area contributed by atoms with Crippen molar-refractivity contribution in [2.45, 2.75) is 198 Å². The van der Waals surface area contributed by atoms with E-state index in [0.717, 1.165) is 46.4 Å². The number of aliphatic hydroxyl groups is 2. The van der Waals surface area contributed by atoms with E-state index in [2.05, 4.69) is 229 Å². The molecule has 0 aliphatic heterocycles. The molecule has 0 spiro atoms. The maximum atomic E-state index is 12.4. The maximum absolute atomic E-state index is 12.4. The van der Waals surface area contributed by atoms with Crippen molar-refractivity contribution in [3.63, 3.8) is 0 Å². The summed E-state index contributed by atoms with van der Waals surface area (Å²) in [5, 5.41) is 31.7. The number of benzene rings is 10. The van der Waals surface area contributed by atoms with Crippen LogP contribution in [-0.2, 0) is 66.7 Å². The number of carbonyl (C=O) groups excluding carboxylic acids is 8. The van der Waals surface area contributed by atoms with Crippen LogP contribution in [0.2, 0.25) is 0 Å². The number of hydrogen-bond acceptors (Lipinski definition) is 15. The number of ketones is 3. The topological polar surface area (TPSA) is 234 Å². The second kappa shape index (κ2) is 76.1. The first kappa shape index (κ1) is 146. The predicted molar refractivity (Wildman–Crippen MR) is 596 cm³/mol. The first-order valence-electron chi connectivity index (χ1n) is 43.3. The van der Waals surface area contributed by atoms with Crippen molar-refractivity contribution in [1.29, 1.82) is 0 Å². The Morgan fingerprint density at radius 3 is 0.755 bits per heavy atom. The van der Waals surface area contributed by atoms with Crippen LogP contribution in [0, 0.1) is 104 Å². The smallest absolute Gasteiger partial charge is 0.327 e. The first-order valence-corrected chi connectivity index (χ1v) is 54.4. The van der Waals surface area contributed by atoms with Gasteiger partial charge in [-0.15, -0.1) is 0 Å². The molecule has 2 radical (unpaired) electrons. The van der Waals surface area contributed by atoms with E-state index >= 15 is 0 Å². The summed E-state index contributed by atoms with van der Waals surface area (Å²) < 4.78 is 17.8. The fourth-order valence-electron chi connectivity index (χ4n) is 12.9. The number of halogens is 10. The van der Waals surface area contributed by atoms with Crippen molar-refractivity contribution < 1.29 is 172 Å². The van der Waals surface area contributed by atoms with E-state index in [9.17, 15) is 48.6 Å². The number of aliphatic hydroxyl groups excluding tert-OH is 1. The fourth-order valence-corrected chi connectivity index (χ4v) is 13.2. The van der Waals surface area contributed by atoms with E-state index < -0.39 is 33.3 Å². The van der Waals surface area contributed by atoms with Crippen LogP contribution >= 0.6 is 159 Å². The molecule has 4 unspecified atom stereocenters. The third kappa shape index (κ3) is 57.6. The van der Waals surface area contributed by atoms with E-state index in [4.69, 9.17) is 24.1 Å². The van der Waals surface area contributed by atoms with E-state index in [1.165, 1.54) is 25.0 Å². The van der Waals surface area contributed by atoms with Gasteiger partial charge >= 0.3 is 23.9 Å². The van der Waals surface area contributed by atoms with Crippen LogP contribution < -0.4 is 18.9 Å². The molecule has 10 aromatic carbocycles. The molecule has 10 aromatic rings. The molecular formula is C110H138Br10O15U2V2. The van der Waals surface area contributed by atoms with Crippen LogP contribution in [0.1, 0.15) is 241 Å². The number of carbonyl (C=O) groups is 8. The van der Waals surface area contributed by atoms with E-state index in [1.54, 1.807) is 203 Å². The molecule has 0 saturated carbocycles. The number of esters is 4. The van der Waals surface area contributed by atoms with Gasteiger partial charge < -0.3 is 34.3 Å². The standard InChI is InChI=1S/C27H37BrO3.C17H17BrO3.2C17H15BrO3.C13H10O2.C10H22.C4H6Br2O.4CH3Br.CH4.2U.2V/c1-18(2)17-20(5)24(19(3)4)27(30,21-11-9-8-10-12-21)22-13-15-23(16-14-22)31-25(29)26(6,7)28;3*1-17(2,18)16(20)21-14-10-8-13(9-11-14)15(19)12-6-4-3-5-7-12;14-12-8-6-11(7-9-12)13(15)10-4-2-1-3-5-10;1-8(2)6-10(5)7-9(3)4;1-4(2,6)3(5)7;4*1-2;;;;;/h8-16,18-20,24,30H,17H2,1-7H3;3-11,15,19H,1-2H3;2*3-11H,1-2H3;1-9,14H;8-10H,6-7H2,1-5H3;1-2H3;4*1H3;1H4;;;;. The molecule has 0 fully saturated rings. The molecule has 29 heteroatoms. The molecule has 139 heavy (non-hydrogen) atoms. The molecule has 0 heterocycles. The van der Waals surface area contributed by atoms with Crippen LogP contribution in [-0.4, -0.2) is 106 Å². The Labute approximate surface area is 985 Å². The minimum absolute atomic E-state index is 0. The van der Waals surface area contributed by atoms with Gasteiger partial charge in [-0.25, -0.2) is 0 Å². The predicted octanol–water partition coefficient (Wildman–Crippen LogP) is 31.9. The first-order chi connectivity index (χ1) is 62.7. The zero-order valence-electron chi connectivity index (χ0n) is 83.1. The summed E-state index contributed by atoms with van der Waals surface area (Å²) in [6, 6.07) is 80.0. The molecule has 10 rings (SSSR count). The van der Waals surface area contributed by atoms with Crippen molar-refractivity contribution in [2.75, 3.05) is 23.3 Å². The van der Waals surface area contributed by atoms with Gasteiger partial charge in [0.1, 0.15) is 57.7 Å². The van der Waals surface area contributed by atoms with Crippen LogP contribution in [0.4, 0.5) is 0 Å². The Morgan fingerprint density at radius 1 is 0.309 bits per heavy atom. The zero-order valence-corrected chi connectivity index (χ0v) is 110.